The first kappa shape index (κ1) is 22.7. The van der Waals surface area contributed by atoms with Crippen molar-refractivity contribution in [2.24, 2.45) is 0 Å². The number of likely N-dealkylation sites (N-methyl/N-ethyl adjacent to an activating group) is 1. The van der Waals surface area contributed by atoms with E-state index in [0.29, 0.717) is 45.8 Å². The summed E-state index contributed by atoms with van der Waals surface area (Å²) in [6, 6.07) is 11.8. The van der Waals surface area contributed by atoms with Crippen molar-refractivity contribution in [1.29, 1.82) is 0 Å². The highest BCUT2D eigenvalue weighted by Gasteiger charge is 2.23. The number of piperazine rings is 1. The lowest BCUT2D eigenvalue weighted by molar-refractivity contribution is -0.134. The first-order valence-electron chi connectivity index (χ1n) is 10.2. The van der Waals surface area contributed by atoms with Gasteiger partial charge in [0.1, 0.15) is 0 Å². The molecule has 1 N–H and O–H groups in total. The van der Waals surface area contributed by atoms with Gasteiger partial charge in [-0.15, -0.1) is 11.3 Å². The van der Waals surface area contributed by atoms with Crippen molar-refractivity contribution in [3.8, 4) is 0 Å². The smallest absolute Gasteiger partial charge is 0.238 e. The van der Waals surface area contributed by atoms with Gasteiger partial charge in [0.15, 0.2) is 0 Å². The van der Waals surface area contributed by atoms with Crippen molar-refractivity contribution in [1.82, 2.24) is 14.7 Å². The van der Waals surface area contributed by atoms with E-state index in [2.05, 4.69) is 17.1 Å². The summed E-state index contributed by atoms with van der Waals surface area (Å²) in [6.45, 7) is 6.23. The molecule has 1 aromatic carbocycles. The molecule has 162 valence electrons. The Bertz CT molecular complexity index is 864. The number of para-hydroxylation sites is 1. The van der Waals surface area contributed by atoms with E-state index in [9.17, 15) is 9.59 Å². The van der Waals surface area contributed by atoms with Crippen LogP contribution in [-0.2, 0) is 22.6 Å². The van der Waals surface area contributed by atoms with Crippen LogP contribution in [0.3, 0.4) is 0 Å². The summed E-state index contributed by atoms with van der Waals surface area (Å²) in [4.78, 5) is 32.2. The zero-order valence-corrected chi connectivity index (χ0v) is 19.1. The molecular formula is C22H29ClN4O2S. The first-order chi connectivity index (χ1) is 14.4. The number of nitrogens with one attached hydrogen (secondary N) is 1. The number of carbonyl (C=O) groups excluding carboxylic acids is 2. The molecule has 0 saturated carbocycles. The van der Waals surface area contributed by atoms with E-state index in [0.717, 1.165) is 26.9 Å². The second-order valence-corrected chi connectivity index (χ2v) is 9.39. The quantitative estimate of drug-likeness (QED) is 0.673. The maximum atomic E-state index is 12.6. The molecule has 0 spiro atoms. The molecular weight excluding hydrogens is 420 g/mol. The lowest BCUT2D eigenvalue weighted by Gasteiger charge is -2.35. The number of amides is 2. The SMILES string of the molecule is CCc1ccccc1NC(=O)CN1CCN(C(=O)CN(C)Cc2ccc(Cl)s2)CC1. The Hall–Kier alpha value is -1.93. The summed E-state index contributed by atoms with van der Waals surface area (Å²) in [7, 11) is 1.94. The van der Waals surface area contributed by atoms with Gasteiger partial charge in [-0.25, -0.2) is 0 Å². The number of halogens is 1. The fraction of sp³-hybridized carbons (Fsp3) is 0.455. The highest BCUT2D eigenvalue weighted by molar-refractivity contribution is 7.16. The minimum absolute atomic E-state index is 0.00924. The molecule has 2 amide bonds. The predicted molar refractivity (Wildman–Crippen MR) is 123 cm³/mol. The molecule has 6 nitrogen and oxygen atoms in total. The molecule has 30 heavy (non-hydrogen) atoms. The Kier molecular flexibility index (Phi) is 8.27. The molecule has 1 aromatic heterocycles. The average Bonchev–Trinajstić information content (AvgIpc) is 3.13. The summed E-state index contributed by atoms with van der Waals surface area (Å²) in [6.07, 6.45) is 0.880. The molecule has 0 radical (unpaired) electrons. The standard InChI is InChI=1S/C22H29ClN4O2S/c1-3-17-6-4-5-7-19(17)24-21(28)15-26-10-12-27(13-11-26)22(29)16-25(2)14-18-8-9-20(23)30-18/h4-9H,3,10-16H2,1-2H3,(H,24,28). The molecule has 0 atom stereocenters. The Morgan fingerprint density at radius 1 is 1.13 bits per heavy atom. The van der Waals surface area contributed by atoms with Gasteiger partial charge in [-0.05, 0) is 37.2 Å². The maximum Gasteiger partial charge on any atom is 0.238 e. The van der Waals surface area contributed by atoms with Crippen LogP contribution in [0.5, 0.6) is 0 Å². The van der Waals surface area contributed by atoms with Crippen LogP contribution in [0.4, 0.5) is 5.69 Å². The van der Waals surface area contributed by atoms with E-state index in [1.165, 1.54) is 0 Å². The monoisotopic (exact) mass is 448 g/mol. The molecule has 1 aliphatic heterocycles. The first-order valence-corrected chi connectivity index (χ1v) is 11.4. The Labute approximate surface area is 187 Å². The van der Waals surface area contributed by atoms with Crippen LogP contribution < -0.4 is 5.32 Å². The number of benzene rings is 1. The molecule has 0 aliphatic carbocycles. The zero-order chi connectivity index (χ0) is 21.5. The van der Waals surface area contributed by atoms with E-state index in [4.69, 9.17) is 11.6 Å². The van der Waals surface area contributed by atoms with Crippen molar-refractivity contribution in [2.45, 2.75) is 19.9 Å². The lowest BCUT2D eigenvalue weighted by Crippen LogP contribution is -2.52. The van der Waals surface area contributed by atoms with Crippen LogP contribution in [0.15, 0.2) is 36.4 Å². The molecule has 1 aliphatic rings. The van der Waals surface area contributed by atoms with Gasteiger partial charge in [-0.1, -0.05) is 36.7 Å². The molecule has 2 aromatic rings. The number of hydrogen-bond donors (Lipinski definition) is 1. The highest BCUT2D eigenvalue weighted by atomic mass is 35.5. The Morgan fingerprint density at radius 2 is 1.87 bits per heavy atom. The van der Waals surface area contributed by atoms with Gasteiger partial charge in [-0.2, -0.15) is 0 Å². The number of thiophene rings is 1. The molecule has 3 rings (SSSR count). The molecule has 8 heteroatoms. The van der Waals surface area contributed by atoms with E-state index < -0.39 is 0 Å². The number of anilines is 1. The fourth-order valence-electron chi connectivity index (χ4n) is 3.59. The lowest BCUT2D eigenvalue weighted by atomic mass is 10.1. The third-order valence-corrected chi connectivity index (χ3v) is 6.44. The van der Waals surface area contributed by atoms with Crippen LogP contribution in [0.2, 0.25) is 4.34 Å². The number of aryl methyl sites for hydroxylation is 1. The van der Waals surface area contributed by atoms with Crippen molar-refractivity contribution in [2.75, 3.05) is 51.6 Å². The number of nitrogens with zero attached hydrogens (tertiary/aromatic N) is 3. The van der Waals surface area contributed by atoms with Crippen molar-refractivity contribution in [3.05, 3.63) is 51.2 Å². The molecule has 2 heterocycles. The largest absolute Gasteiger partial charge is 0.339 e. The summed E-state index contributed by atoms with van der Waals surface area (Å²) in [5, 5.41) is 3.02. The summed E-state index contributed by atoms with van der Waals surface area (Å²) in [5.41, 5.74) is 2.02. The molecule has 1 saturated heterocycles. The third-order valence-electron chi connectivity index (χ3n) is 5.22. The predicted octanol–water partition coefficient (Wildman–Crippen LogP) is 3.18. The van der Waals surface area contributed by atoms with Crippen molar-refractivity contribution in [3.63, 3.8) is 0 Å². The van der Waals surface area contributed by atoms with E-state index >= 15 is 0 Å². The van der Waals surface area contributed by atoms with Crippen LogP contribution in [0, 0.1) is 0 Å². The average molecular weight is 449 g/mol. The minimum Gasteiger partial charge on any atom is -0.339 e. The summed E-state index contributed by atoms with van der Waals surface area (Å²) < 4.78 is 0.767. The number of rotatable bonds is 8. The third kappa shape index (κ3) is 6.54. The summed E-state index contributed by atoms with van der Waals surface area (Å²) in [5.74, 6) is 0.117. The number of hydrogen-bond acceptors (Lipinski definition) is 5. The Morgan fingerprint density at radius 3 is 2.53 bits per heavy atom. The minimum atomic E-state index is -0.00924. The zero-order valence-electron chi connectivity index (χ0n) is 17.6. The fourth-order valence-corrected chi connectivity index (χ4v) is 4.76. The number of carbonyl (C=O) groups is 2. The normalized spacial score (nSPS) is 14.9. The van der Waals surface area contributed by atoms with Crippen molar-refractivity contribution >= 4 is 40.4 Å². The van der Waals surface area contributed by atoms with Crippen LogP contribution in [-0.4, -0.2) is 72.8 Å². The van der Waals surface area contributed by atoms with Gasteiger partial charge in [0.2, 0.25) is 11.8 Å². The highest BCUT2D eigenvalue weighted by Crippen LogP contribution is 2.22. The maximum absolute atomic E-state index is 12.6. The van der Waals surface area contributed by atoms with Gasteiger partial charge in [0.25, 0.3) is 0 Å². The van der Waals surface area contributed by atoms with E-state index in [-0.39, 0.29) is 11.8 Å². The van der Waals surface area contributed by atoms with Crippen LogP contribution in [0.1, 0.15) is 17.4 Å². The van der Waals surface area contributed by atoms with E-state index in [1.807, 2.05) is 53.2 Å². The molecule has 1 fully saturated rings. The van der Waals surface area contributed by atoms with Gasteiger partial charge in [-0.3, -0.25) is 19.4 Å². The topological polar surface area (TPSA) is 55.9 Å². The van der Waals surface area contributed by atoms with Crippen LogP contribution in [0.25, 0.3) is 0 Å². The van der Waals surface area contributed by atoms with Gasteiger partial charge >= 0.3 is 0 Å². The second kappa shape index (κ2) is 10.9. The second-order valence-electron chi connectivity index (χ2n) is 7.59. The molecule has 0 bridgehead atoms. The van der Waals surface area contributed by atoms with E-state index in [1.54, 1.807) is 11.3 Å². The van der Waals surface area contributed by atoms with Gasteiger partial charge in [0, 0.05) is 43.3 Å². The van der Waals surface area contributed by atoms with Crippen LogP contribution >= 0.6 is 22.9 Å². The molecule has 0 unspecified atom stereocenters. The Balaban J connectivity index is 1.40. The van der Waals surface area contributed by atoms with Gasteiger partial charge in [0.05, 0.1) is 17.4 Å². The van der Waals surface area contributed by atoms with Gasteiger partial charge < -0.3 is 10.2 Å². The summed E-state index contributed by atoms with van der Waals surface area (Å²) >= 11 is 7.51. The van der Waals surface area contributed by atoms with Crippen molar-refractivity contribution < 1.29 is 9.59 Å².